The molecule has 1 aromatic rings. The van der Waals surface area contributed by atoms with Crippen LogP contribution in [0.2, 0.25) is 0 Å². The third kappa shape index (κ3) is 2.62. The number of aromatic nitrogens is 2. The van der Waals surface area contributed by atoms with Crippen molar-refractivity contribution in [3.8, 4) is 0 Å². The number of nitrogens with zero attached hydrogens (tertiary/aromatic N) is 3. The minimum Gasteiger partial charge on any atom is -0.469 e. The topological polar surface area (TPSA) is 64.4 Å². The number of rotatable bonds is 2. The lowest BCUT2D eigenvalue weighted by Gasteiger charge is -2.31. The van der Waals surface area contributed by atoms with Gasteiger partial charge in [-0.3, -0.25) is 14.3 Å². The average Bonchev–Trinajstić information content (AvgIpc) is 2.77. The van der Waals surface area contributed by atoms with Gasteiger partial charge in [-0.05, 0) is 19.8 Å². The molecule has 6 nitrogen and oxygen atoms in total. The van der Waals surface area contributed by atoms with Crippen molar-refractivity contribution in [2.45, 2.75) is 19.8 Å². The van der Waals surface area contributed by atoms with Gasteiger partial charge in [-0.25, -0.2) is 0 Å². The molecule has 1 amide bonds. The number of methoxy groups -OCH3 is 1. The first-order valence-corrected chi connectivity index (χ1v) is 6.40. The van der Waals surface area contributed by atoms with E-state index in [0.717, 1.165) is 18.5 Å². The molecule has 0 aromatic carbocycles. The van der Waals surface area contributed by atoms with Crippen LogP contribution in [0.25, 0.3) is 0 Å². The highest BCUT2D eigenvalue weighted by Crippen LogP contribution is 2.20. The molecule has 1 atom stereocenters. The fraction of sp³-hybridized carbons (Fsp3) is 0.615. The highest BCUT2D eigenvalue weighted by molar-refractivity contribution is 5.95. The van der Waals surface area contributed by atoms with Gasteiger partial charge in [0.15, 0.2) is 0 Å². The lowest BCUT2D eigenvalue weighted by molar-refractivity contribution is -0.146. The van der Waals surface area contributed by atoms with Crippen molar-refractivity contribution in [1.29, 1.82) is 0 Å². The Morgan fingerprint density at radius 3 is 2.79 bits per heavy atom. The largest absolute Gasteiger partial charge is 0.469 e. The molecule has 1 aliphatic rings. The van der Waals surface area contributed by atoms with E-state index in [9.17, 15) is 9.59 Å². The first-order chi connectivity index (χ1) is 9.04. The molecule has 0 unspecified atom stereocenters. The Morgan fingerprint density at radius 2 is 2.21 bits per heavy atom. The van der Waals surface area contributed by atoms with E-state index in [2.05, 4.69) is 5.10 Å². The zero-order valence-electron chi connectivity index (χ0n) is 11.5. The molecule has 6 heteroatoms. The van der Waals surface area contributed by atoms with Crippen molar-refractivity contribution in [3.63, 3.8) is 0 Å². The predicted octanol–water partition coefficient (Wildman–Crippen LogP) is 0.754. The van der Waals surface area contributed by atoms with Crippen LogP contribution in [0.15, 0.2) is 6.20 Å². The molecule has 0 spiro atoms. The molecule has 1 saturated heterocycles. The maximum atomic E-state index is 12.4. The summed E-state index contributed by atoms with van der Waals surface area (Å²) in [6, 6.07) is 0. The Morgan fingerprint density at radius 1 is 1.47 bits per heavy atom. The molecule has 1 fully saturated rings. The Labute approximate surface area is 112 Å². The second-order valence-corrected chi connectivity index (χ2v) is 4.88. The molecule has 104 valence electrons. The van der Waals surface area contributed by atoms with E-state index in [1.54, 1.807) is 22.8 Å². The van der Waals surface area contributed by atoms with E-state index in [1.807, 2.05) is 6.92 Å². The normalized spacial score (nSPS) is 19.3. The molecular weight excluding hydrogens is 246 g/mol. The lowest BCUT2D eigenvalue weighted by atomic mass is 9.97. The van der Waals surface area contributed by atoms with Crippen LogP contribution in [0.1, 0.15) is 28.9 Å². The van der Waals surface area contributed by atoms with Crippen molar-refractivity contribution in [2.75, 3.05) is 20.2 Å². The van der Waals surface area contributed by atoms with E-state index < -0.39 is 0 Å². The van der Waals surface area contributed by atoms with Gasteiger partial charge in [0, 0.05) is 25.8 Å². The van der Waals surface area contributed by atoms with Gasteiger partial charge in [-0.15, -0.1) is 0 Å². The zero-order valence-corrected chi connectivity index (χ0v) is 11.5. The second kappa shape index (κ2) is 5.42. The first-order valence-electron chi connectivity index (χ1n) is 6.40. The third-order valence-electron chi connectivity index (χ3n) is 3.71. The summed E-state index contributed by atoms with van der Waals surface area (Å²) in [5, 5.41) is 4.08. The smallest absolute Gasteiger partial charge is 0.310 e. The average molecular weight is 265 g/mol. The molecular formula is C13H19N3O3. The number of amides is 1. The van der Waals surface area contributed by atoms with Gasteiger partial charge in [-0.2, -0.15) is 5.10 Å². The summed E-state index contributed by atoms with van der Waals surface area (Å²) in [7, 11) is 3.19. The van der Waals surface area contributed by atoms with E-state index in [0.29, 0.717) is 18.7 Å². The highest BCUT2D eigenvalue weighted by Gasteiger charge is 2.30. The molecule has 0 radical (unpaired) electrons. The first kappa shape index (κ1) is 13.6. The van der Waals surface area contributed by atoms with E-state index >= 15 is 0 Å². The number of hydrogen-bond acceptors (Lipinski definition) is 4. The van der Waals surface area contributed by atoms with Crippen molar-refractivity contribution < 1.29 is 14.3 Å². The summed E-state index contributed by atoms with van der Waals surface area (Å²) in [5.41, 5.74) is 1.44. The van der Waals surface area contributed by atoms with Gasteiger partial charge in [-0.1, -0.05) is 0 Å². The highest BCUT2D eigenvalue weighted by atomic mass is 16.5. The number of likely N-dealkylation sites (tertiary alicyclic amines) is 1. The maximum Gasteiger partial charge on any atom is 0.310 e. The fourth-order valence-electron chi connectivity index (χ4n) is 2.40. The van der Waals surface area contributed by atoms with E-state index in [-0.39, 0.29) is 17.8 Å². The van der Waals surface area contributed by atoms with Gasteiger partial charge in [0.1, 0.15) is 0 Å². The number of esters is 1. The molecule has 19 heavy (non-hydrogen) atoms. The SMILES string of the molecule is COC(=O)[C@H]1CCCN(C(=O)c2cnn(C)c2C)C1. The molecule has 2 heterocycles. The Hall–Kier alpha value is -1.85. The Kier molecular flexibility index (Phi) is 3.87. The van der Waals surface area contributed by atoms with Crippen molar-refractivity contribution >= 4 is 11.9 Å². The van der Waals surface area contributed by atoms with Gasteiger partial charge in [0.25, 0.3) is 5.91 Å². The zero-order chi connectivity index (χ0) is 14.0. The predicted molar refractivity (Wildman–Crippen MR) is 68.6 cm³/mol. The van der Waals surface area contributed by atoms with Crippen LogP contribution in [0.3, 0.4) is 0 Å². The molecule has 1 aromatic heterocycles. The summed E-state index contributed by atoms with van der Waals surface area (Å²) in [4.78, 5) is 25.7. The number of ether oxygens (including phenoxy) is 1. The van der Waals surface area contributed by atoms with Crippen LogP contribution in [0, 0.1) is 12.8 Å². The molecule has 1 aliphatic heterocycles. The third-order valence-corrected chi connectivity index (χ3v) is 3.71. The van der Waals surface area contributed by atoms with Crippen LogP contribution in [0.4, 0.5) is 0 Å². The summed E-state index contributed by atoms with van der Waals surface area (Å²) in [6.45, 7) is 2.97. The molecule has 0 N–H and O–H groups in total. The number of carbonyl (C=O) groups is 2. The van der Waals surface area contributed by atoms with Crippen molar-refractivity contribution in [3.05, 3.63) is 17.5 Å². The van der Waals surface area contributed by atoms with Gasteiger partial charge >= 0.3 is 5.97 Å². The van der Waals surface area contributed by atoms with Crippen LogP contribution in [-0.2, 0) is 16.6 Å². The van der Waals surface area contributed by atoms with Gasteiger partial charge < -0.3 is 9.64 Å². The summed E-state index contributed by atoms with van der Waals surface area (Å²) >= 11 is 0. The van der Waals surface area contributed by atoms with Crippen LogP contribution in [-0.4, -0.2) is 46.8 Å². The second-order valence-electron chi connectivity index (χ2n) is 4.88. The van der Waals surface area contributed by atoms with Crippen molar-refractivity contribution in [2.24, 2.45) is 13.0 Å². The Bertz CT molecular complexity index is 495. The molecule has 0 aliphatic carbocycles. The summed E-state index contributed by atoms with van der Waals surface area (Å²) in [5.74, 6) is -0.501. The van der Waals surface area contributed by atoms with E-state index in [4.69, 9.17) is 4.74 Å². The van der Waals surface area contributed by atoms with Gasteiger partial charge in [0.05, 0.1) is 24.8 Å². The molecule has 0 saturated carbocycles. The van der Waals surface area contributed by atoms with Crippen LogP contribution < -0.4 is 0 Å². The van der Waals surface area contributed by atoms with Crippen molar-refractivity contribution in [1.82, 2.24) is 14.7 Å². The number of aryl methyl sites for hydroxylation is 1. The maximum absolute atomic E-state index is 12.4. The number of piperidine rings is 1. The minimum absolute atomic E-state index is 0.0563. The standard InChI is InChI=1S/C13H19N3O3/c1-9-11(7-14-15(9)2)12(17)16-6-4-5-10(8-16)13(18)19-3/h7,10H,4-6,8H2,1-3H3/t10-/m0/s1. The van der Waals surface area contributed by atoms with Crippen LogP contribution in [0.5, 0.6) is 0 Å². The molecule has 0 bridgehead atoms. The fourth-order valence-corrected chi connectivity index (χ4v) is 2.40. The van der Waals surface area contributed by atoms with E-state index in [1.165, 1.54) is 7.11 Å². The monoisotopic (exact) mass is 265 g/mol. The summed E-state index contributed by atoms with van der Waals surface area (Å²) < 4.78 is 6.43. The van der Waals surface area contributed by atoms with Crippen LogP contribution >= 0.6 is 0 Å². The van der Waals surface area contributed by atoms with Gasteiger partial charge in [0.2, 0.25) is 0 Å². The Balaban J connectivity index is 2.11. The quantitative estimate of drug-likeness (QED) is 0.740. The minimum atomic E-state index is -0.236. The molecule has 2 rings (SSSR count). The lowest BCUT2D eigenvalue weighted by Crippen LogP contribution is -2.42. The number of hydrogen-bond donors (Lipinski definition) is 0. The number of carbonyl (C=O) groups excluding carboxylic acids is 2. The summed E-state index contributed by atoms with van der Waals surface area (Å²) in [6.07, 6.45) is 3.19.